The number of amides is 2. The van der Waals surface area contributed by atoms with Crippen molar-refractivity contribution in [3.8, 4) is 0 Å². The highest BCUT2D eigenvalue weighted by molar-refractivity contribution is 5.92. The molecule has 0 radical (unpaired) electrons. The molecular weight excluding hydrogens is 236 g/mol. The molecule has 1 aliphatic rings. The maximum absolute atomic E-state index is 11.9. The summed E-state index contributed by atoms with van der Waals surface area (Å²) in [4.78, 5) is 14.5. The molecule has 1 aromatic rings. The first-order valence-electron chi connectivity index (χ1n) is 5.81. The van der Waals surface area contributed by atoms with Gasteiger partial charge in [-0.1, -0.05) is 25.9 Å². The minimum atomic E-state index is -0.976. The Hall–Kier alpha value is -1.63. The van der Waals surface area contributed by atoms with Crippen LogP contribution in [0.15, 0.2) is 4.42 Å². The molecule has 2 atom stereocenters. The van der Waals surface area contributed by atoms with Gasteiger partial charge < -0.3 is 14.4 Å². The quantitative estimate of drug-likeness (QED) is 0.806. The van der Waals surface area contributed by atoms with E-state index in [2.05, 4.69) is 10.2 Å². The third-order valence-corrected chi connectivity index (χ3v) is 3.08. The Labute approximate surface area is 105 Å². The fourth-order valence-corrected chi connectivity index (χ4v) is 1.68. The van der Waals surface area contributed by atoms with Crippen LogP contribution in [0.1, 0.15) is 33.6 Å². The molecule has 0 spiro atoms. The molecule has 0 aliphatic carbocycles. The number of anilines is 1. The number of aliphatic hydroxyl groups is 1. The normalized spacial score (nSPS) is 25.1. The number of aliphatic hydroxyl groups excluding tert-OH is 1. The number of urea groups is 1. The van der Waals surface area contributed by atoms with Crippen molar-refractivity contribution in [2.75, 3.05) is 11.9 Å². The van der Waals surface area contributed by atoms with Gasteiger partial charge in [0.25, 0.3) is 0 Å². The minimum absolute atomic E-state index is 0.0358. The zero-order chi connectivity index (χ0) is 13.7. The molecule has 100 valence electrons. The van der Waals surface area contributed by atoms with Gasteiger partial charge in [-0.05, 0) is 6.92 Å². The topological polar surface area (TPSA) is 82.7 Å². The first kappa shape index (κ1) is 12.8. The molecule has 2 rings (SSSR count). The first-order valence-corrected chi connectivity index (χ1v) is 5.81. The highest BCUT2D eigenvalue weighted by Gasteiger charge is 2.44. The molecule has 0 saturated carbocycles. The van der Waals surface area contributed by atoms with Crippen LogP contribution in [0, 0.1) is 0 Å². The molecule has 2 heterocycles. The summed E-state index contributed by atoms with van der Waals surface area (Å²) in [6.45, 7) is 7.55. The highest BCUT2D eigenvalue weighted by Crippen LogP contribution is 2.29. The number of aromatic nitrogens is 2. The van der Waals surface area contributed by atoms with E-state index in [9.17, 15) is 9.90 Å². The third kappa shape index (κ3) is 1.84. The molecule has 1 aliphatic heterocycles. The van der Waals surface area contributed by atoms with Gasteiger partial charge >= 0.3 is 12.0 Å². The number of carbonyl (C=O) groups excluding carboxylic acids is 1. The van der Waals surface area contributed by atoms with E-state index in [4.69, 9.17) is 4.42 Å². The molecule has 2 amide bonds. The molecule has 0 unspecified atom stereocenters. The van der Waals surface area contributed by atoms with Gasteiger partial charge in [0, 0.05) is 12.5 Å². The van der Waals surface area contributed by atoms with E-state index in [1.807, 2.05) is 20.8 Å². The Bertz CT molecular complexity index is 465. The summed E-state index contributed by atoms with van der Waals surface area (Å²) in [6.07, 6.45) is -0.976. The molecule has 0 aromatic carbocycles. The van der Waals surface area contributed by atoms with Crippen LogP contribution in [0.5, 0.6) is 0 Å². The Kier molecular flexibility index (Phi) is 2.81. The molecule has 0 bridgehead atoms. The average Bonchev–Trinajstić information content (AvgIpc) is 2.81. The van der Waals surface area contributed by atoms with Crippen LogP contribution in [0.2, 0.25) is 0 Å². The van der Waals surface area contributed by atoms with E-state index >= 15 is 0 Å². The molecule has 7 nitrogen and oxygen atoms in total. The number of rotatable bonds is 1. The van der Waals surface area contributed by atoms with Crippen LogP contribution in [0.4, 0.5) is 10.8 Å². The van der Waals surface area contributed by atoms with Crippen LogP contribution in [0.25, 0.3) is 0 Å². The van der Waals surface area contributed by atoms with Gasteiger partial charge in [-0.2, -0.15) is 0 Å². The number of hydrogen-bond acceptors (Lipinski definition) is 5. The van der Waals surface area contributed by atoms with Crippen molar-refractivity contribution in [1.82, 2.24) is 15.1 Å². The van der Waals surface area contributed by atoms with Gasteiger partial charge in [-0.25, -0.2) is 9.69 Å². The molecule has 1 aromatic heterocycles. The van der Waals surface area contributed by atoms with Gasteiger partial charge in [-0.15, -0.1) is 5.10 Å². The van der Waals surface area contributed by atoms with Gasteiger partial charge in [-0.3, -0.25) is 0 Å². The smallest absolute Gasteiger partial charge is 0.330 e. The highest BCUT2D eigenvalue weighted by atomic mass is 16.4. The van der Waals surface area contributed by atoms with E-state index in [0.717, 1.165) is 4.90 Å². The fourth-order valence-electron chi connectivity index (χ4n) is 1.68. The number of likely N-dealkylation sites (N-methyl/N-ethyl adjacent to an activating group) is 1. The third-order valence-electron chi connectivity index (χ3n) is 3.08. The van der Waals surface area contributed by atoms with Crippen molar-refractivity contribution in [3.63, 3.8) is 0 Å². The van der Waals surface area contributed by atoms with Crippen LogP contribution in [-0.4, -0.2) is 45.6 Å². The van der Waals surface area contributed by atoms with Crippen LogP contribution in [0.3, 0.4) is 0 Å². The van der Waals surface area contributed by atoms with E-state index in [0.29, 0.717) is 5.89 Å². The summed E-state index contributed by atoms with van der Waals surface area (Å²) in [5, 5.41) is 17.7. The van der Waals surface area contributed by atoms with Gasteiger partial charge in [0.05, 0.1) is 6.04 Å². The lowest BCUT2D eigenvalue weighted by atomic mass is 9.97. The minimum Gasteiger partial charge on any atom is -0.407 e. The fraction of sp³-hybridized carbons (Fsp3) is 0.727. The monoisotopic (exact) mass is 254 g/mol. The number of carbonyl (C=O) groups is 1. The second-order valence-electron chi connectivity index (χ2n) is 5.56. The zero-order valence-electron chi connectivity index (χ0n) is 11.2. The molecular formula is C11H18N4O3. The van der Waals surface area contributed by atoms with Crippen LogP contribution >= 0.6 is 0 Å². The van der Waals surface area contributed by atoms with E-state index in [1.165, 1.54) is 4.90 Å². The first-order chi connectivity index (χ1) is 8.23. The summed E-state index contributed by atoms with van der Waals surface area (Å²) in [6, 6.07) is -0.629. The Morgan fingerprint density at radius 1 is 1.33 bits per heavy atom. The molecule has 1 N–H and O–H groups in total. The predicted molar refractivity (Wildman–Crippen MR) is 64.1 cm³/mol. The predicted octanol–water partition coefficient (Wildman–Crippen LogP) is 0.946. The molecule has 1 fully saturated rings. The lowest BCUT2D eigenvalue weighted by Gasteiger charge is -2.16. The van der Waals surface area contributed by atoms with E-state index < -0.39 is 6.23 Å². The van der Waals surface area contributed by atoms with Gasteiger partial charge in [0.1, 0.15) is 0 Å². The summed E-state index contributed by atoms with van der Waals surface area (Å²) in [5.41, 5.74) is -0.295. The molecule has 18 heavy (non-hydrogen) atoms. The SMILES string of the molecule is C[C@H]1[C@H](O)N(c2nnc(C(C)(C)C)o2)C(=O)N1C. The van der Waals surface area contributed by atoms with Crippen molar-refractivity contribution < 1.29 is 14.3 Å². The average molecular weight is 254 g/mol. The summed E-state index contributed by atoms with van der Waals surface area (Å²) in [7, 11) is 1.62. The van der Waals surface area contributed by atoms with E-state index in [-0.39, 0.29) is 23.5 Å². The maximum Gasteiger partial charge on any atom is 0.330 e. The number of hydrogen-bond donors (Lipinski definition) is 1. The summed E-state index contributed by atoms with van der Waals surface area (Å²) in [5.74, 6) is 0.430. The largest absolute Gasteiger partial charge is 0.407 e. The molecule has 1 saturated heterocycles. The number of nitrogens with zero attached hydrogens (tertiary/aromatic N) is 4. The van der Waals surface area contributed by atoms with E-state index in [1.54, 1.807) is 14.0 Å². The van der Waals surface area contributed by atoms with Gasteiger partial charge in [0.15, 0.2) is 6.23 Å². The Morgan fingerprint density at radius 2 is 1.94 bits per heavy atom. The van der Waals surface area contributed by atoms with Crippen molar-refractivity contribution in [2.24, 2.45) is 0 Å². The van der Waals surface area contributed by atoms with Gasteiger partial charge in [0.2, 0.25) is 5.89 Å². The van der Waals surface area contributed by atoms with Crippen LogP contribution < -0.4 is 4.90 Å². The molecule has 7 heteroatoms. The second kappa shape index (κ2) is 3.94. The standard InChI is InChI=1S/C11H18N4O3/c1-6-7(16)15(10(17)14(6)5)9-13-12-8(18-9)11(2,3)4/h6-7,16H,1-5H3/t6-,7-/m0/s1. The van der Waals surface area contributed by atoms with Crippen molar-refractivity contribution in [3.05, 3.63) is 5.89 Å². The van der Waals surface area contributed by atoms with Crippen molar-refractivity contribution in [1.29, 1.82) is 0 Å². The zero-order valence-corrected chi connectivity index (χ0v) is 11.2. The van der Waals surface area contributed by atoms with Crippen LogP contribution in [-0.2, 0) is 5.41 Å². The second-order valence-corrected chi connectivity index (χ2v) is 5.56. The maximum atomic E-state index is 11.9. The van der Waals surface area contributed by atoms with Crippen molar-refractivity contribution >= 4 is 12.0 Å². The Balaban J connectivity index is 2.33. The summed E-state index contributed by atoms with van der Waals surface area (Å²) >= 11 is 0. The lowest BCUT2D eigenvalue weighted by Crippen LogP contribution is -2.35. The van der Waals surface area contributed by atoms with Crippen molar-refractivity contribution in [2.45, 2.75) is 45.4 Å². The Morgan fingerprint density at radius 3 is 2.33 bits per heavy atom. The summed E-state index contributed by atoms with van der Waals surface area (Å²) < 4.78 is 5.47. The lowest BCUT2D eigenvalue weighted by molar-refractivity contribution is 0.135.